The number of hydrogen-bond acceptors (Lipinski definition) is 3. The maximum Gasteiger partial charge on any atom is 0.234 e. The molecular formula is C23H26N2OS. The summed E-state index contributed by atoms with van der Waals surface area (Å²) in [4.78, 5) is 13.6. The minimum Gasteiger partial charge on any atom is -0.354 e. The van der Waals surface area contributed by atoms with Crippen molar-refractivity contribution in [1.82, 2.24) is 10.6 Å². The lowest BCUT2D eigenvalue weighted by molar-refractivity contribution is -0.120. The van der Waals surface area contributed by atoms with E-state index in [4.69, 9.17) is 0 Å². The molecule has 0 bridgehead atoms. The summed E-state index contributed by atoms with van der Waals surface area (Å²) < 4.78 is 0. The third-order valence-corrected chi connectivity index (χ3v) is 5.62. The molecule has 4 heteroatoms. The van der Waals surface area contributed by atoms with Crippen molar-refractivity contribution in [2.75, 3.05) is 13.1 Å². The van der Waals surface area contributed by atoms with Gasteiger partial charge >= 0.3 is 0 Å². The van der Waals surface area contributed by atoms with E-state index < -0.39 is 0 Å². The predicted molar refractivity (Wildman–Crippen MR) is 113 cm³/mol. The topological polar surface area (TPSA) is 41.1 Å². The zero-order chi connectivity index (χ0) is 19.1. The SMILES string of the molecule is Cc1ccc([C@H](NCC(=O)NC[C@H](C)c2ccccc2)c2cccs2)cc1. The number of aryl methyl sites for hydroxylation is 1. The lowest BCUT2D eigenvalue weighted by Gasteiger charge is -2.19. The fraction of sp³-hybridized carbons (Fsp3) is 0.261. The first-order valence-electron chi connectivity index (χ1n) is 9.28. The zero-order valence-corrected chi connectivity index (χ0v) is 16.6. The summed E-state index contributed by atoms with van der Waals surface area (Å²) >= 11 is 1.70. The van der Waals surface area contributed by atoms with Crippen LogP contribution in [0.15, 0.2) is 72.1 Å². The minimum atomic E-state index is 0.0199. The Morgan fingerprint density at radius 1 is 0.963 bits per heavy atom. The fourth-order valence-electron chi connectivity index (χ4n) is 3.02. The highest BCUT2D eigenvalue weighted by Crippen LogP contribution is 2.26. The molecule has 0 spiro atoms. The molecule has 3 aromatic rings. The van der Waals surface area contributed by atoms with Gasteiger partial charge in [0.2, 0.25) is 5.91 Å². The van der Waals surface area contributed by atoms with Gasteiger partial charge in [-0.25, -0.2) is 0 Å². The standard InChI is InChI=1S/C23H26N2OS/c1-17-10-12-20(13-11-17)23(21-9-6-14-27-21)25-16-22(26)24-15-18(2)19-7-4-3-5-8-19/h3-14,18,23,25H,15-16H2,1-2H3,(H,24,26)/t18-,23-/m0/s1. The Balaban J connectivity index is 1.57. The van der Waals surface area contributed by atoms with Gasteiger partial charge in [0.1, 0.15) is 0 Å². The number of carbonyl (C=O) groups is 1. The first-order chi connectivity index (χ1) is 13.1. The van der Waals surface area contributed by atoms with E-state index in [1.165, 1.54) is 21.6 Å². The Labute approximate surface area is 165 Å². The summed E-state index contributed by atoms with van der Waals surface area (Å²) in [6, 6.07) is 22.9. The summed E-state index contributed by atoms with van der Waals surface area (Å²) in [5.74, 6) is 0.312. The molecule has 0 fully saturated rings. The molecule has 2 aromatic carbocycles. The van der Waals surface area contributed by atoms with Crippen LogP contribution in [0.1, 0.15) is 40.5 Å². The Morgan fingerprint density at radius 3 is 2.37 bits per heavy atom. The van der Waals surface area contributed by atoms with Crippen molar-refractivity contribution < 1.29 is 4.79 Å². The van der Waals surface area contributed by atoms with Crippen molar-refractivity contribution in [2.45, 2.75) is 25.8 Å². The van der Waals surface area contributed by atoms with Crippen molar-refractivity contribution in [1.29, 1.82) is 0 Å². The summed E-state index contributed by atoms with van der Waals surface area (Å²) in [5.41, 5.74) is 3.65. The van der Waals surface area contributed by atoms with Crippen LogP contribution in [0.4, 0.5) is 0 Å². The van der Waals surface area contributed by atoms with Gasteiger partial charge in [-0.2, -0.15) is 0 Å². The molecule has 1 heterocycles. The van der Waals surface area contributed by atoms with Crippen LogP contribution in [0, 0.1) is 6.92 Å². The van der Waals surface area contributed by atoms with Crippen LogP contribution in [0.25, 0.3) is 0 Å². The van der Waals surface area contributed by atoms with Crippen LogP contribution in [0.5, 0.6) is 0 Å². The van der Waals surface area contributed by atoms with Crippen molar-refractivity contribution in [3.63, 3.8) is 0 Å². The largest absolute Gasteiger partial charge is 0.354 e. The second-order valence-electron chi connectivity index (χ2n) is 6.86. The van der Waals surface area contributed by atoms with Crippen LogP contribution >= 0.6 is 11.3 Å². The van der Waals surface area contributed by atoms with Gasteiger partial charge < -0.3 is 5.32 Å². The van der Waals surface area contributed by atoms with E-state index in [0.717, 1.165) is 0 Å². The number of amides is 1. The van der Waals surface area contributed by atoms with E-state index in [1.54, 1.807) is 11.3 Å². The maximum absolute atomic E-state index is 12.4. The molecule has 2 N–H and O–H groups in total. The molecule has 3 rings (SSSR count). The molecule has 27 heavy (non-hydrogen) atoms. The molecule has 0 aliphatic heterocycles. The van der Waals surface area contributed by atoms with E-state index in [9.17, 15) is 4.79 Å². The Kier molecular flexibility index (Phi) is 6.80. The molecule has 0 aliphatic rings. The molecule has 1 aromatic heterocycles. The second-order valence-corrected chi connectivity index (χ2v) is 7.84. The molecule has 0 radical (unpaired) electrons. The Hall–Kier alpha value is -2.43. The van der Waals surface area contributed by atoms with Crippen LogP contribution in [-0.4, -0.2) is 19.0 Å². The highest BCUT2D eigenvalue weighted by atomic mass is 32.1. The smallest absolute Gasteiger partial charge is 0.234 e. The maximum atomic E-state index is 12.4. The average molecular weight is 379 g/mol. The Morgan fingerprint density at radius 2 is 1.70 bits per heavy atom. The summed E-state index contributed by atoms with van der Waals surface area (Å²) in [6.07, 6.45) is 0. The first kappa shape index (κ1) is 19.3. The molecule has 0 saturated carbocycles. The monoisotopic (exact) mass is 378 g/mol. The predicted octanol–water partition coefficient (Wildman–Crippen LogP) is 4.66. The van der Waals surface area contributed by atoms with Gasteiger partial charge in [-0.1, -0.05) is 73.2 Å². The third kappa shape index (κ3) is 5.52. The van der Waals surface area contributed by atoms with Crippen molar-refractivity contribution in [3.05, 3.63) is 93.7 Å². The lowest BCUT2D eigenvalue weighted by atomic mass is 10.0. The first-order valence-corrected chi connectivity index (χ1v) is 10.2. The van der Waals surface area contributed by atoms with Gasteiger partial charge in [0, 0.05) is 11.4 Å². The second kappa shape index (κ2) is 9.49. The average Bonchev–Trinajstić information content (AvgIpc) is 3.23. The lowest BCUT2D eigenvalue weighted by Crippen LogP contribution is -2.37. The number of rotatable bonds is 8. The van der Waals surface area contributed by atoms with Crippen molar-refractivity contribution in [3.8, 4) is 0 Å². The molecule has 0 saturated heterocycles. The highest BCUT2D eigenvalue weighted by molar-refractivity contribution is 7.10. The molecule has 2 atom stereocenters. The summed E-state index contributed by atoms with van der Waals surface area (Å²) in [7, 11) is 0. The number of benzene rings is 2. The number of hydrogen-bond donors (Lipinski definition) is 2. The Bertz CT molecular complexity index is 829. The summed E-state index contributed by atoms with van der Waals surface area (Å²) in [6.45, 7) is 5.14. The zero-order valence-electron chi connectivity index (χ0n) is 15.8. The van der Waals surface area contributed by atoms with E-state index in [-0.39, 0.29) is 18.5 Å². The van der Waals surface area contributed by atoms with E-state index >= 15 is 0 Å². The van der Waals surface area contributed by atoms with Gasteiger partial charge in [-0.15, -0.1) is 11.3 Å². The fourth-order valence-corrected chi connectivity index (χ4v) is 3.85. The third-order valence-electron chi connectivity index (χ3n) is 4.68. The number of thiophene rings is 1. The van der Waals surface area contributed by atoms with Crippen LogP contribution in [0.3, 0.4) is 0 Å². The summed E-state index contributed by atoms with van der Waals surface area (Å²) in [5, 5.41) is 8.53. The molecule has 140 valence electrons. The van der Waals surface area contributed by atoms with E-state index in [0.29, 0.717) is 12.5 Å². The normalized spacial score (nSPS) is 13.1. The minimum absolute atomic E-state index is 0.0199. The number of carbonyl (C=O) groups excluding carboxylic acids is 1. The molecule has 3 nitrogen and oxygen atoms in total. The van der Waals surface area contributed by atoms with Crippen LogP contribution in [0.2, 0.25) is 0 Å². The molecular weight excluding hydrogens is 352 g/mol. The van der Waals surface area contributed by atoms with E-state index in [2.05, 4.69) is 72.3 Å². The van der Waals surface area contributed by atoms with E-state index in [1.807, 2.05) is 24.3 Å². The van der Waals surface area contributed by atoms with Crippen molar-refractivity contribution in [2.24, 2.45) is 0 Å². The molecule has 0 aliphatic carbocycles. The molecule has 1 amide bonds. The van der Waals surface area contributed by atoms with Crippen LogP contribution in [-0.2, 0) is 4.79 Å². The van der Waals surface area contributed by atoms with Crippen LogP contribution < -0.4 is 10.6 Å². The van der Waals surface area contributed by atoms with Crippen molar-refractivity contribution >= 4 is 17.2 Å². The number of nitrogens with one attached hydrogen (secondary N) is 2. The van der Waals surface area contributed by atoms with Gasteiger partial charge in [-0.05, 0) is 35.4 Å². The van der Waals surface area contributed by atoms with Gasteiger partial charge in [0.25, 0.3) is 0 Å². The molecule has 0 unspecified atom stereocenters. The van der Waals surface area contributed by atoms with Gasteiger partial charge in [0.15, 0.2) is 0 Å². The van der Waals surface area contributed by atoms with Gasteiger partial charge in [0.05, 0.1) is 12.6 Å². The quantitative estimate of drug-likeness (QED) is 0.599. The highest BCUT2D eigenvalue weighted by Gasteiger charge is 2.16. The van der Waals surface area contributed by atoms with Gasteiger partial charge in [-0.3, -0.25) is 10.1 Å².